The van der Waals surface area contributed by atoms with E-state index in [0.717, 1.165) is 5.56 Å². The molecule has 0 aliphatic carbocycles. The molecular formula is C13H18N2O3. The molecule has 0 heterocycles. The fourth-order valence-corrected chi connectivity index (χ4v) is 1.37. The Balaban J connectivity index is 2.37. The zero-order valence-electron chi connectivity index (χ0n) is 10.8. The first-order chi connectivity index (χ1) is 8.52. The summed E-state index contributed by atoms with van der Waals surface area (Å²) in [5.74, 6) is -0.472. The quantitative estimate of drug-likeness (QED) is 0.793. The standard InChI is InChI=1S/C13H18N2O3/c1-9-4-6-11(7-5-9)8-14-13(17)15-10(2)12(16)18-3/h4-7,10H,8H2,1-3H3,(H2,14,15,17). The third kappa shape index (κ3) is 4.45. The molecule has 1 aromatic rings. The third-order valence-electron chi connectivity index (χ3n) is 2.48. The number of hydrogen-bond donors (Lipinski definition) is 2. The van der Waals surface area contributed by atoms with Gasteiger partial charge in [0.15, 0.2) is 0 Å². The summed E-state index contributed by atoms with van der Waals surface area (Å²) >= 11 is 0. The maximum absolute atomic E-state index is 11.5. The van der Waals surface area contributed by atoms with Crippen molar-refractivity contribution in [1.82, 2.24) is 10.6 Å². The smallest absolute Gasteiger partial charge is 0.328 e. The van der Waals surface area contributed by atoms with Gasteiger partial charge < -0.3 is 15.4 Å². The number of carbonyl (C=O) groups excluding carboxylic acids is 2. The van der Waals surface area contributed by atoms with Crippen LogP contribution in [0.5, 0.6) is 0 Å². The van der Waals surface area contributed by atoms with Crippen molar-refractivity contribution in [2.24, 2.45) is 0 Å². The highest BCUT2D eigenvalue weighted by atomic mass is 16.5. The van der Waals surface area contributed by atoms with E-state index in [1.807, 2.05) is 31.2 Å². The van der Waals surface area contributed by atoms with Gasteiger partial charge in [-0.1, -0.05) is 29.8 Å². The van der Waals surface area contributed by atoms with Crippen LogP contribution in [0.15, 0.2) is 24.3 Å². The van der Waals surface area contributed by atoms with Crippen LogP contribution in [0.3, 0.4) is 0 Å². The van der Waals surface area contributed by atoms with Gasteiger partial charge in [0.1, 0.15) is 6.04 Å². The number of esters is 1. The molecule has 0 saturated carbocycles. The number of aryl methyl sites for hydroxylation is 1. The Labute approximate surface area is 107 Å². The topological polar surface area (TPSA) is 67.4 Å². The molecule has 5 nitrogen and oxygen atoms in total. The lowest BCUT2D eigenvalue weighted by atomic mass is 10.1. The molecule has 0 saturated heterocycles. The van der Waals surface area contributed by atoms with E-state index in [2.05, 4.69) is 15.4 Å². The SMILES string of the molecule is COC(=O)C(C)NC(=O)NCc1ccc(C)cc1. The van der Waals surface area contributed by atoms with Gasteiger partial charge in [-0.15, -0.1) is 0 Å². The van der Waals surface area contributed by atoms with E-state index < -0.39 is 18.0 Å². The number of ether oxygens (including phenoxy) is 1. The minimum absolute atomic E-state index is 0.395. The van der Waals surface area contributed by atoms with Gasteiger partial charge in [-0.25, -0.2) is 9.59 Å². The average molecular weight is 250 g/mol. The van der Waals surface area contributed by atoms with Crippen LogP contribution in [0, 0.1) is 6.92 Å². The molecule has 0 bridgehead atoms. The molecule has 1 aromatic carbocycles. The number of carbonyl (C=O) groups is 2. The molecule has 0 aliphatic heterocycles. The molecule has 1 atom stereocenters. The Morgan fingerprint density at radius 2 is 1.89 bits per heavy atom. The van der Waals surface area contributed by atoms with Crippen molar-refractivity contribution in [2.45, 2.75) is 26.4 Å². The highest BCUT2D eigenvalue weighted by molar-refractivity contribution is 5.83. The Morgan fingerprint density at radius 3 is 2.44 bits per heavy atom. The molecule has 0 radical (unpaired) electrons. The van der Waals surface area contributed by atoms with E-state index in [0.29, 0.717) is 6.54 Å². The summed E-state index contributed by atoms with van der Waals surface area (Å²) in [7, 11) is 1.28. The van der Waals surface area contributed by atoms with Crippen molar-refractivity contribution < 1.29 is 14.3 Å². The average Bonchev–Trinajstić information content (AvgIpc) is 2.37. The van der Waals surface area contributed by atoms with Crippen molar-refractivity contribution >= 4 is 12.0 Å². The molecule has 2 amide bonds. The number of rotatable bonds is 4. The Kier molecular flexibility index (Phi) is 5.17. The third-order valence-corrected chi connectivity index (χ3v) is 2.48. The highest BCUT2D eigenvalue weighted by Gasteiger charge is 2.15. The van der Waals surface area contributed by atoms with Crippen molar-refractivity contribution in [3.05, 3.63) is 35.4 Å². The van der Waals surface area contributed by atoms with Gasteiger partial charge in [0.25, 0.3) is 0 Å². The second kappa shape index (κ2) is 6.64. The highest BCUT2D eigenvalue weighted by Crippen LogP contribution is 2.02. The van der Waals surface area contributed by atoms with Crippen LogP contribution in [-0.2, 0) is 16.1 Å². The maximum atomic E-state index is 11.5. The first kappa shape index (κ1) is 14.0. The van der Waals surface area contributed by atoms with E-state index >= 15 is 0 Å². The monoisotopic (exact) mass is 250 g/mol. The molecule has 1 rings (SSSR count). The second-order valence-electron chi connectivity index (χ2n) is 4.06. The Bertz CT molecular complexity index is 415. The van der Waals surface area contributed by atoms with Crippen molar-refractivity contribution in [3.63, 3.8) is 0 Å². The molecule has 98 valence electrons. The second-order valence-corrected chi connectivity index (χ2v) is 4.06. The van der Waals surface area contributed by atoms with Crippen LogP contribution in [0.4, 0.5) is 4.79 Å². The largest absolute Gasteiger partial charge is 0.467 e. The van der Waals surface area contributed by atoms with Gasteiger partial charge in [-0.2, -0.15) is 0 Å². The van der Waals surface area contributed by atoms with Crippen molar-refractivity contribution in [1.29, 1.82) is 0 Å². The van der Waals surface area contributed by atoms with Gasteiger partial charge in [0, 0.05) is 6.54 Å². The van der Waals surface area contributed by atoms with Gasteiger partial charge >= 0.3 is 12.0 Å². The summed E-state index contributed by atoms with van der Waals surface area (Å²) in [4.78, 5) is 22.6. The van der Waals surface area contributed by atoms with Crippen LogP contribution < -0.4 is 10.6 Å². The van der Waals surface area contributed by atoms with Crippen LogP contribution >= 0.6 is 0 Å². The van der Waals surface area contributed by atoms with Crippen LogP contribution in [-0.4, -0.2) is 25.2 Å². The minimum atomic E-state index is -0.659. The summed E-state index contributed by atoms with van der Waals surface area (Å²) in [5, 5.41) is 5.16. The molecule has 0 fully saturated rings. The molecule has 0 spiro atoms. The predicted octanol–water partition coefficient (Wildman–Crippen LogP) is 1.36. The van der Waals surface area contributed by atoms with Gasteiger partial charge in [-0.3, -0.25) is 0 Å². The molecule has 0 aromatic heterocycles. The fraction of sp³-hybridized carbons (Fsp3) is 0.385. The first-order valence-electron chi connectivity index (χ1n) is 5.70. The van der Waals surface area contributed by atoms with E-state index in [1.165, 1.54) is 12.7 Å². The lowest BCUT2D eigenvalue weighted by Gasteiger charge is -2.12. The molecule has 1 unspecified atom stereocenters. The first-order valence-corrected chi connectivity index (χ1v) is 5.70. The lowest BCUT2D eigenvalue weighted by molar-refractivity contribution is -0.142. The summed E-state index contributed by atoms with van der Waals surface area (Å²) in [6, 6.07) is 6.79. The van der Waals surface area contributed by atoms with Gasteiger partial charge in [0.05, 0.1) is 7.11 Å². The number of benzene rings is 1. The van der Waals surface area contributed by atoms with E-state index in [1.54, 1.807) is 6.92 Å². The summed E-state index contributed by atoms with van der Waals surface area (Å²) in [6.45, 7) is 3.99. The number of amides is 2. The zero-order chi connectivity index (χ0) is 13.5. The van der Waals surface area contributed by atoms with Crippen LogP contribution in [0.1, 0.15) is 18.1 Å². The number of nitrogens with one attached hydrogen (secondary N) is 2. The predicted molar refractivity (Wildman–Crippen MR) is 68.0 cm³/mol. The number of urea groups is 1. The molecule has 5 heteroatoms. The van der Waals surface area contributed by atoms with E-state index in [4.69, 9.17) is 0 Å². The molecule has 0 aliphatic rings. The van der Waals surface area contributed by atoms with Gasteiger partial charge in [0.2, 0.25) is 0 Å². The number of hydrogen-bond acceptors (Lipinski definition) is 3. The summed E-state index contributed by atoms with van der Waals surface area (Å²) in [6.07, 6.45) is 0. The Morgan fingerprint density at radius 1 is 1.28 bits per heavy atom. The Hall–Kier alpha value is -2.04. The molecule has 2 N–H and O–H groups in total. The molecular weight excluding hydrogens is 232 g/mol. The van der Waals surface area contributed by atoms with Crippen molar-refractivity contribution in [2.75, 3.05) is 7.11 Å². The minimum Gasteiger partial charge on any atom is -0.467 e. The summed E-state index contributed by atoms with van der Waals surface area (Å²) < 4.78 is 4.51. The number of methoxy groups -OCH3 is 1. The molecule has 18 heavy (non-hydrogen) atoms. The van der Waals surface area contributed by atoms with E-state index in [9.17, 15) is 9.59 Å². The normalized spacial score (nSPS) is 11.5. The van der Waals surface area contributed by atoms with E-state index in [-0.39, 0.29) is 0 Å². The van der Waals surface area contributed by atoms with Crippen LogP contribution in [0.2, 0.25) is 0 Å². The zero-order valence-corrected chi connectivity index (χ0v) is 10.8. The maximum Gasteiger partial charge on any atom is 0.328 e. The fourth-order valence-electron chi connectivity index (χ4n) is 1.37. The summed E-state index contributed by atoms with van der Waals surface area (Å²) in [5.41, 5.74) is 2.17. The van der Waals surface area contributed by atoms with Gasteiger partial charge in [-0.05, 0) is 19.4 Å². The lowest BCUT2D eigenvalue weighted by Crippen LogP contribution is -2.44. The van der Waals surface area contributed by atoms with Crippen molar-refractivity contribution in [3.8, 4) is 0 Å². The van der Waals surface area contributed by atoms with Crippen LogP contribution in [0.25, 0.3) is 0 Å².